The van der Waals surface area contributed by atoms with Crippen molar-refractivity contribution in [3.05, 3.63) is 47.5 Å². The van der Waals surface area contributed by atoms with Crippen LogP contribution in [0.5, 0.6) is 23.0 Å². The molecule has 0 aliphatic heterocycles. The van der Waals surface area contributed by atoms with E-state index >= 15 is 0 Å². The highest BCUT2D eigenvalue weighted by molar-refractivity contribution is 5.77. The molecule has 8 nitrogen and oxygen atoms in total. The maximum atomic E-state index is 11.3. The van der Waals surface area contributed by atoms with E-state index in [2.05, 4.69) is 0 Å². The van der Waals surface area contributed by atoms with E-state index in [1.54, 1.807) is 36.4 Å². The Bertz CT molecular complexity index is 870. The molecule has 2 aromatic rings. The Morgan fingerprint density at radius 2 is 0.733 bits per heavy atom. The van der Waals surface area contributed by atoms with Gasteiger partial charge in [0.05, 0.1) is 0 Å². The lowest BCUT2D eigenvalue weighted by atomic mass is 10.1. The lowest BCUT2D eigenvalue weighted by Crippen LogP contribution is -2.04. The Hall–Kier alpha value is -3.94. The Labute approximate surface area is 173 Å². The molecule has 0 saturated heterocycles. The number of benzene rings is 2. The third kappa shape index (κ3) is 7.59. The van der Waals surface area contributed by atoms with Crippen molar-refractivity contribution in [2.75, 3.05) is 0 Å². The molecule has 0 N–H and O–H groups in total. The van der Waals surface area contributed by atoms with Gasteiger partial charge >= 0.3 is 23.9 Å². The summed E-state index contributed by atoms with van der Waals surface area (Å²) >= 11 is 0. The van der Waals surface area contributed by atoms with Crippen LogP contribution in [0.1, 0.15) is 38.8 Å². The molecular formula is C22H20O8. The van der Waals surface area contributed by atoms with E-state index in [9.17, 15) is 19.2 Å². The van der Waals surface area contributed by atoms with Gasteiger partial charge in [-0.25, -0.2) is 0 Å². The molecule has 8 heteroatoms. The van der Waals surface area contributed by atoms with Gasteiger partial charge in [0.1, 0.15) is 23.0 Å². The molecule has 156 valence electrons. The fourth-order valence-electron chi connectivity index (χ4n) is 2.47. The fraction of sp³-hybridized carbons (Fsp3) is 0.182. The SMILES string of the molecule is CC(=O)Oc1cc(/C=C/c2cc(OC(C)=O)cc(OC(C)=O)c2)cc(OC(C)=O)c1. The van der Waals surface area contributed by atoms with Gasteiger partial charge in [0.25, 0.3) is 0 Å². The fourth-order valence-corrected chi connectivity index (χ4v) is 2.47. The molecule has 0 bridgehead atoms. The zero-order valence-electron chi connectivity index (χ0n) is 16.9. The number of rotatable bonds is 6. The van der Waals surface area contributed by atoms with Gasteiger partial charge in [-0.15, -0.1) is 0 Å². The second kappa shape index (κ2) is 10.0. The van der Waals surface area contributed by atoms with E-state index in [-0.39, 0.29) is 23.0 Å². The van der Waals surface area contributed by atoms with E-state index in [1.165, 1.54) is 39.8 Å². The first-order chi connectivity index (χ1) is 14.1. The summed E-state index contributed by atoms with van der Waals surface area (Å²) in [6, 6.07) is 9.14. The minimum atomic E-state index is -0.523. The molecule has 0 aliphatic carbocycles. The van der Waals surface area contributed by atoms with Crippen LogP contribution in [-0.2, 0) is 19.2 Å². The first-order valence-electron chi connectivity index (χ1n) is 8.82. The van der Waals surface area contributed by atoms with Crippen molar-refractivity contribution in [3.63, 3.8) is 0 Å². The molecular weight excluding hydrogens is 392 g/mol. The van der Waals surface area contributed by atoms with Crippen molar-refractivity contribution >= 4 is 36.0 Å². The number of carbonyl (C=O) groups excluding carboxylic acids is 4. The highest BCUT2D eigenvalue weighted by Gasteiger charge is 2.08. The second-order valence-corrected chi connectivity index (χ2v) is 6.18. The maximum absolute atomic E-state index is 11.3. The molecule has 2 rings (SSSR count). The lowest BCUT2D eigenvalue weighted by molar-refractivity contribution is -0.133. The van der Waals surface area contributed by atoms with Gasteiger partial charge in [-0.05, 0) is 35.4 Å². The van der Waals surface area contributed by atoms with E-state index < -0.39 is 23.9 Å². The number of esters is 4. The standard InChI is InChI=1S/C22H20O8/c1-13(23)27-19-7-17(8-20(11-19)28-14(2)24)5-6-18-9-21(29-15(3)25)12-22(10-18)30-16(4)26/h5-12H,1-4H3/b6-5+. The molecule has 0 aliphatic rings. The van der Waals surface area contributed by atoms with Gasteiger partial charge in [-0.3, -0.25) is 19.2 Å². The van der Waals surface area contributed by atoms with Crippen LogP contribution in [0.3, 0.4) is 0 Å². The third-order valence-corrected chi connectivity index (χ3v) is 3.32. The topological polar surface area (TPSA) is 105 Å². The van der Waals surface area contributed by atoms with Crippen LogP contribution in [-0.4, -0.2) is 23.9 Å². The van der Waals surface area contributed by atoms with Crippen LogP contribution in [0.25, 0.3) is 12.2 Å². The van der Waals surface area contributed by atoms with Gasteiger partial charge in [0, 0.05) is 39.8 Å². The predicted molar refractivity (Wildman–Crippen MR) is 107 cm³/mol. The van der Waals surface area contributed by atoms with Crippen LogP contribution >= 0.6 is 0 Å². The van der Waals surface area contributed by atoms with Gasteiger partial charge in [-0.2, -0.15) is 0 Å². The van der Waals surface area contributed by atoms with Crippen molar-refractivity contribution in [1.29, 1.82) is 0 Å². The summed E-state index contributed by atoms with van der Waals surface area (Å²) in [7, 11) is 0. The second-order valence-electron chi connectivity index (χ2n) is 6.18. The minimum absolute atomic E-state index is 0.204. The first kappa shape index (κ1) is 22.4. The van der Waals surface area contributed by atoms with Gasteiger partial charge in [-0.1, -0.05) is 12.2 Å². The Morgan fingerprint density at radius 1 is 0.500 bits per heavy atom. The highest BCUT2D eigenvalue weighted by atomic mass is 16.6. The van der Waals surface area contributed by atoms with Crippen molar-refractivity contribution in [3.8, 4) is 23.0 Å². The van der Waals surface area contributed by atoms with Crippen LogP contribution in [0.4, 0.5) is 0 Å². The summed E-state index contributed by atoms with van der Waals surface area (Å²) in [6.07, 6.45) is 3.31. The van der Waals surface area contributed by atoms with Gasteiger partial charge in [0.15, 0.2) is 0 Å². The average molecular weight is 412 g/mol. The zero-order valence-corrected chi connectivity index (χ0v) is 16.9. The maximum Gasteiger partial charge on any atom is 0.308 e. The summed E-state index contributed by atoms with van der Waals surface area (Å²) in [5.41, 5.74) is 1.13. The number of ether oxygens (including phenoxy) is 4. The Kier molecular flexibility index (Phi) is 7.46. The van der Waals surface area contributed by atoms with Crippen LogP contribution < -0.4 is 18.9 Å². The molecule has 0 amide bonds. The van der Waals surface area contributed by atoms with Crippen molar-refractivity contribution < 1.29 is 38.1 Å². The largest absolute Gasteiger partial charge is 0.427 e. The van der Waals surface area contributed by atoms with Crippen molar-refractivity contribution in [1.82, 2.24) is 0 Å². The molecule has 0 aromatic heterocycles. The summed E-state index contributed by atoms with van der Waals surface area (Å²) in [5, 5.41) is 0. The Balaban J connectivity index is 2.40. The molecule has 0 radical (unpaired) electrons. The molecule has 0 unspecified atom stereocenters. The first-order valence-corrected chi connectivity index (χ1v) is 8.82. The lowest BCUT2D eigenvalue weighted by Gasteiger charge is -2.08. The van der Waals surface area contributed by atoms with Crippen molar-refractivity contribution in [2.24, 2.45) is 0 Å². The highest BCUT2D eigenvalue weighted by Crippen LogP contribution is 2.27. The zero-order chi connectivity index (χ0) is 22.3. The Morgan fingerprint density at radius 3 is 0.933 bits per heavy atom. The monoisotopic (exact) mass is 412 g/mol. The normalized spacial score (nSPS) is 10.4. The van der Waals surface area contributed by atoms with Crippen LogP contribution in [0.15, 0.2) is 36.4 Å². The predicted octanol–water partition coefficient (Wildman–Crippen LogP) is 3.56. The smallest absolute Gasteiger partial charge is 0.308 e. The number of hydrogen-bond acceptors (Lipinski definition) is 8. The van der Waals surface area contributed by atoms with Crippen LogP contribution in [0, 0.1) is 0 Å². The summed E-state index contributed by atoms with van der Waals surface area (Å²) in [4.78, 5) is 45.0. The molecule has 2 aromatic carbocycles. The molecule has 0 heterocycles. The van der Waals surface area contributed by atoms with Gasteiger partial charge in [0.2, 0.25) is 0 Å². The summed E-state index contributed by atoms with van der Waals surface area (Å²) in [5.74, 6) is -1.28. The van der Waals surface area contributed by atoms with Crippen molar-refractivity contribution in [2.45, 2.75) is 27.7 Å². The molecule has 30 heavy (non-hydrogen) atoms. The molecule has 0 spiro atoms. The summed E-state index contributed by atoms with van der Waals surface area (Å²) in [6.45, 7) is 5.02. The van der Waals surface area contributed by atoms with Gasteiger partial charge < -0.3 is 18.9 Å². The van der Waals surface area contributed by atoms with E-state index in [0.717, 1.165) is 0 Å². The third-order valence-electron chi connectivity index (χ3n) is 3.32. The van der Waals surface area contributed by atoms with E-state index in [0.29, 0.717) is 11.1 Å². The quantitative estimate of drug-likeness (QED) is 0.403. The number of carbonyl (C=O) groups is 4. The number of hydrogen-bond donors (Lipinski definition) is 0. The molecule has 0 saturated carbocycles. The van der Waals surface area contributed by atoms with E-state index in [4.69, 9.17) is 18.9 Å². The van der Waals surface area contributed by atoms with E-state index in [1.807, 2.05) is 0 Å². The molecule has 0 atom stereocenters. The molecule has 0 fully saturated rings. The van der Waals surface area contributed by atoms with Crippen LogP contribution in [0.2, 0.25) is 0 Å². The summed E-state index contributed by atoms with van der Waals surface area (Å²) < 4.78 is 20.3. The average Bonchev–Trinajstić information content (AvgIpc) is 2.57. The minimum Gasteiger partial charge on any atom is -0.427 e.